The first kappa shape index (κ1) is 18.5. The molecule has 0 atom stereocenters. The lowest BCUT2D eigenvalue weighted by molar-refractivity contribution is 0.319. The van der Waals surface area contributed by atoms with Gasteiger partial charge in [-0.3, -0.25) is 9.36 Å². The lowest BCUT2D eigenvalue weighted by atomic mass is 9.89. The van der Waals surface area contributed by atoms with Crippen LogP contribution in [-0.4, -0.2) is 24.3 Å². The van der Waals surface area contributed by atoms with Crippen molar-refractivity contribution in [2.75, 3.05) is 5.32 Å². The van der Waals surface area contributed by atoms with E-state index in [1.807, 2.05) is 41.1 Å². The second-order valence-corrected chi connectivity index (χ2v) is 7.88. The molecule has 0 spiro atoms. The summed E-state index contributed by atoms with van der Waals surface area (Å²) in [6.45, 7) is 0.727. The van der Waals surface area contributed by atoms with Gasteiger partial charge < -0.3 is 5.32 Å². The van der Waals surface area contributed by atoms with Crippen molar-refractivity contribution in [3.8, 4) is 5.69 Å². The third-order valence-corrected chi connectivity index (χ3v) is 5.78. The average Bonchev–Trinajstić information content (AvgIpc) is 3.32. The quantitative estimate of drug-likeness (QED) is 0.540. The molecule has 0 saturated heterocycles. The summed E-state index contributed by atoms with van der Waals surface area (Å²) in [4.78, 5) is 21.7. The molecule has 5 rings (SSSR count). The molecule has 1 aliphatic carbocycles. The van der Waals surface area contributed by atoms with Gasteiger partial charge in [-0.1, -0.05) is 19.3 Å². The van der Waals surface area contributed by atoms with Crippen molar-refractivity contribution in [3.05, 3.63) is 71.4 Å². The predicted octanol–water partition coefficient (Wildman–Crippen LogP) is 4.30. The van der Waals surface area contributed by atoms with Crippen molar-refractivity contribution in [2.24, 2.45) is 5.92 Å². The lowest BCUT2D eigenvalue weighted by Crippen LogP contribution is -2.25. The molecule has 30 heavy (non-hydrogen) atoms. The molecule has 3 heterocycles. The van der Waals surface area contributed by atoms with Gasteiger partial charge in [0, 0.05) is 42.3 Å². The van der Waals surface area contributed by atoms with Crippen LogP contribution in [0.2, 0.25) is 0 Å². The highest BCUT2D eigenvalue weighted by molar-refractivity contribution is 5.75. The Bertz CT molecular complexity index is 1190. The maximum absolute atomic E-state index is 12.6. The van der Waals surface area contributed by atoms with Gasteiger partial charge in [-0.15, -0.1) is 0 Å². The van der Waals surface area contributed by atoms with Gasteiger partial charge >= 0.3 is 0 Å². The predicted molar refractivity (Wildman–Crippen MR) is 117 cm³/mol. The topological polar surface area (TPSA) is 77.6 Å². The number of rotatable bonds is 5. The van der Waals surface area contributed by atoms with Crippen LogP contribution >= 0.6 is 0 Å². The third kappa shape index (κ3) is 3.83. The van der Waals surface area contributed by atoms with Gasteiger partial charge in [0.2, 0.25) is 5.95 Å². The van der Waals surface area contributed by atoms with Gasteiger partial charge in [0.1, 0.15) is 5.65 Å². The van der Waals surface area contributed by atoms with Crippen LogP contribution in [0.25, 0.3) is 16.7 Å². The van der Waals surface area contributed by atoms with Gasteiger partial charge in [-0.05, 0) is 55.2 Å². The average molecular weight is 400 g/mol. The van der Waals surface area contributed by atoms with Crippen molar-refractivity contribution in [3.63, 3.8) is 0 Å². The smallest absolute Gasteiger partial charge is 0.252 e. The zero-order valence-electron chi connectivity index (χ0n) is 16.7. The Morgan fingerprint density at radius 1 is 1.03 bits per heavy atom. The molecule has 0 aliphatic heterocycles. The van der Waals surface area contributed by atoms with E-state index in [2.05, 4.69) is 15.4 Å². The molecule has 0 bridgehead atoms. The van der Waals surface area contributed by atoms with Gasteiger partial charge in [0.25, 0.3) is 5.56 Å². The number of nitrogens with one attached hydrogen (secondary N) is 1. The number of fused-ring (bicyclic) bond motifs is 1. The largest absolute Gasteiger partial charge is 0.324 e. The number of aromatic nitrogens is 5. The van der Waals surface area contributed by atoms with E-state index in [4.69, 9.17) is 4.98 Å². The monoisotopic (exact) mass is 400 g/mol. The van der Waals surface area contributed by atoms with Crippen molar-refractivity contribution < 1.29 is 0 Å². The van der Waals surface area contributed by atoms with Gasteiger partial charge in [0.15, 0.2) is 0 Å². The van der Waals surface area contributed by atoms with Crippen molar-refractivity contribution in [1.29, 1.82) is 0 Å². The van der Waals surface area contributed by atoms with Gasteiger partial charge in [0.05, 0.1) is 5.69 Å². The molecule has 1 aliphatic rings. The molecule has 4 aromatic rings. The van der Waals surface area contributed by atoms with E-state index in [0.29, 0.717) is 17.5 Å². The van der Waals surface area contributed by atoms with Crippen LogP contribution < -0.4 is 10.9 Å². The first-order chi connectivity index (χ1) is 14.8. The van der Waals surface area contributed by atoms with Gasteiger partial charge in [-0.25, -0.2) is 9.67 Å². The third-order valence-electron chi connectivity index (χ3n) is 5.78. The molecule has 1 aromatic carbocycles. The fourth-order valence-corrected chi connectivity index (χ4v) is 4.18. The van der Waals surface area contributed by atoms with E-state index in [0.717, 1.165) is 23.3 Å². The summed E-state index contributed by atoms with van der Waals surface area (Å²) in [5.41, 5.74) is 2.55. The molecular weight excluding hydrogens is 376 g/mol. The first-order valence-corrected chi connectivity index (χ1v) is 10.5. The highest BCUT2D eigenvalue weighted by Crippen LogP contribution is 2.26. The summed E-state index contributed by atoms with van der Waals surface area (Å²) in [5, 5.41) is 8.37. The van der Waals surface area contributed by atoms with E-state index in [1.54, 1.807) is 29.2 Å². The molecule has 3 aromatic heterocycles. The number of nitrogens with zero attached hydrogens (tertiary/aromatic N) is 5. The fraction of sp³-hybridized carbons (Fsp3) is 0.304. The summed E-state index contributed by atoms with van der Waals surface area (Å²) >= 11 is 0. The molecular formula is C23H24N6O. The fourth-order valence-electron chi connectivity index (χ4n) is 4.18. The Kier molecular flexibility index (Phi) is 5.01. The summed E-state index contributed by atoms with van der Waals surface area (Å²) in [7, 11) is 0. The van der Waals surface area contributed by atoms with Crippen LogP contribution in [0.15, 0.2) is 65.8 Å². The summed E-state index contributed by atoms with van der Waals surface area (Å²) in [6.07, 6.45) is 11.6. The second kappa shape index (κ2) is 8.10. The maximum atomic E-state index is 12.6. The summed E-state index contributed by atoms with van der Waals surface area (Å²) in [5.74, 6) is 1.03. The molecule has 152 valence electrons. The lowest BCUT2D eigenvalue weighted by Gasteiger charge is -2.22. The number of hydrogen-bond acceptors (Lipinski definition) is 5. The second-order valence-electron chi connectivity index (χ2n) is 7.88. The maximum Gasteiger partial charge on any atom is 0.252 e. The van der Waals surface area contributed by atoms with Crippen LogP contribution in [0.4, 0.5) is 11.6 Å². The highest BCUT2D eigenvalue weighted by atomic mass is 16.1. The first-order valence-electron chi connectivity index (χ1n) is 10.5. The molecule has 1 N–H and O–H groups in total. The summed E-state index contributed by atoms with van der Waals surface area (Å²) < 4.78 is 3.62. The van der Waals surface area contributed by atoms with Crippen molar-refractivity contribution in [2.45, 2.75) is 38.6 Å². The summed E-state index contributed by atoms with van der Waals surface area (Å²) in [6, 6.07) is 13.2. The minimum Gasteiger partial charge on any atom is -0.324 e. The van der Waals surface area contributed by atoms with Crippen LogP contribution in [0.1, 0.15) is 32.1 Å². The Balaban J connectivity index is 1.42. The van der Waals surface area contributed by atoms with E-state index in [-0.39, 0.29) is 5.56 Å². The number of pyridine rings is 1. The van der Waals surface area contributed by atoms with E-state index >= 15 is 0 Å². The Hall–Kier alpha value is -3.48. The number of anilines is 2. The minimum absolute atomic E-state index is 0.00120. The Morgan fingerprint density at radius 3 is 2.63 bits per heavy atom. The van der Waals surface area contributed by atoms with E-state index in [9.17, 15) is 4.79 Å². The molecule has 0 radical (unpaired) electrons. The zero-order chi connectivity index (χ0) is 20.3. The van der Waals surface area contributed by atoms with Crippen LogP contribution in [0.3, 0.4) is 0 Å². The van der Waals surface area contributed by atoms with Crippen LogP contribution in [-0.2, 0) is 6.54 Å². The van der Waals surface area contributed by atoms with Crippen LogP contribution in [0, 0.1) is 5.92 Å². The number of hydrogen-bond donors (Lipinski definition) is 1. The SMILES string of the molecule is O=c1ccc2cnc(Nc3ccc(-n4cccn4)cc3)nc2n1CC1CCCCC1. The van der Waals surface area contributed by atoms with Crippen molar-refractivity contribution in [1.82, 2.24) is 24.3 Å². The molecule has 7 nitrogen and oxygen atoms in total. The molecule has 7 heteroatoms. The van der Waals surface area contributed by atoms with Crippen molar-refractivity contribution >= 4 is 22.7 Å². The molecule has 0 unspecified atom stereocenters. The Labute approximate surface area is 174 Å². The van der Waals surface area contributed by atoms with Crippen LogP contribution in [0.5, 0.6) is 0 Å². The zero-order valence-corrected chi connectivity index (χ0v) is 16.7. The normalized spacial score (nSPS) is 14.8. The van der Waals surface area contributed by atoms with E-state index in [1.165, 1.54) is 32.1 Å². The number of benzene rings is 1. The minimum atomic E-state index is 0.00120. The van der Waals surface area contributed by atoms with Gasteiger partial charge in [-0.2, -0.15) is 10.1 Å². The molecule has 1 saturated carbocycles. The van der Waals surface area contributed by atoms with E-state index < -0.39 is 0 Å². The molecule has 0 amide bonds. The molecule has 1 fully saturated rings. The highest BCUT2D eigenvalue weighted by Gasteiger charge is 2.16. The standard InChI is InChI=1S/C23H24N6O/c30-21-12-7-18-15-24-23(27-22(18)28(21)16-17-5-2-1-3-6-17)26-19-8-10-20(11-9-19)29-14-4-13-25-29/h4,7-15,17H,1-3,5-6,16H2,(H,24,26,27). The Morgan fingerprint density at radius 2 is 1.87 bits per heavy atom.